The van der Waals surface area contributed by atoms with Crippen LogP contribution >= 0.6 is 27.5 Å². The molecule has 0 amide bonds. The van der Waals surface area contributed by atoms with Gasteiger partial charge in [0.05, 0.1) is 27.3 Å². The van der Waals surface area contributed by atoms with Gasteiger partial charge in [0.15, 0.2) is 0 Å². The number of aromatic nitrogens is 3. The van der Waals surface area contributed by atoms with Crippen LogP contribution in [0.2, 0.25) is 5.02 Å². The van der Waals surface area contributed by atoms with Crippen molar-refractivity contribution >= 4 is 55.2 Å². The molecule has 4 aromatic rings. The first kappa shape index (κ1) is 20.5. The van der Waals surface area contributed by atoms with Crippen molar-refractivity contribution in [3.8, 4) is 11.4 Å². The molecule has 5 rings (SSSR count). The number of H-pyrrole nitrogens is 2. The molecular formula is C22H20BrClFN5O. The minimum Gasteiger partial charge on any atom is -0.379 e. The van der Waals surface area contributed by atoms with Gasteiger partial charge in [-0.1, -0.05) is 40.4 Å². The van der Waals surface area contributed by atoms with Crippen LogP contribution in [0.15, 0.2) is 39.6 Å². The average Bonchev–Trinajstić information content (AvgIpc) is 3.12. The molecule has 1 fully saturated rings. The molecule has 1 aliphatic rings. The number of rotatable bonds is 3. The summed E-state index contributed by atoms with van der Waals surface area (Å²) in [5.74, 6) is -0.221. The number of anilines is 1. The Hall–Kier alpha value is -2.42. The maximum atomic E-state index is 13.9. The van der Waals surface area contributed by atoms with E-state index in [-0.39, 0.29) is 22.7 Å². The van der Waals surface area contributed by atoms with Crippen molar-refractivity contribution in [2.24, 2.45) is 5.73 Å². The van der Waals surface area contributed by atoms with E-state index in [1.165, 1.54) is 12.1 Å². The summed E-state index contributed by atoms with van der Waals surface area (Å²) in [6.07, 6.45) is 4.03. The van der Waals surface area contributed by atoms with Crippen molar-refractivity contribution in [2.45, 2.75) is 37.8 Å². The molecule has 31 heavy (non-hydrogen) atoms. The van der Waals surface area contributed by atoms with Gasteiger partial charge in [-0.15, -0.1) is 0 Å². The summed E-state index contributed by atoms with van der Waals surface area (Å²) < 4.78 is 14.8. The van der Waals surface area contributed by atoms with Crippen LogP contribution in [0, 0.1) is 5.82 Å². The summed E-state index contributed by atoms with van der Waals surface area (Å²) in [5, 5.41) is 4.38. The van der Waals surface area contributed by atoms with E-state index in [2.05, 4.69) is 36.2 Å². The van der Waals surface area contributed by atoms with Gasteiger partial charge in [-0.2, -0.15) is 0 Å². The number of pyridine rings is 1. The van der Waals surface area contributed by atoms with E-state index in [9.17, 15) is 9.18 Å². The third-order valence-electron chi connectivity index (χ3n) is 5.89. The lowest BCUT2D eigenvalue weighted by atomic mass is 9.90. The minimum absolute atomic E-state index is 0.00772. The molecule has 2 aromatic carbocycles. The molecule has 6 nitrogen and oxygen atoms in total. The van der Waals surface area contributed by atoms with Gasteiger partial charge in [0.1, 0.15) is 17.2 Å². The van der Waals surface area contributed by atoms with E-state index < -0.39 is 5.82 Å². The number of nitrogens with two attached hydrogens (primary N) is 1. The molecule has 2 atom stereocenters. The first-order valence-corrected chi connectivity index (χ1v) is 11.3. The highest BCUT2D eigenvalue weighted by Gasteiger charge is 2.26. The summed E-state index contributed by atoms with van der Waals surface area (Å²) in [7, 11) is 0. The number of hydrogen-bond donors (Lipinski definition) is 4. The summed E-state index contributed by atoms with van der Waals surface area (Å²) in [5.41, 5.74) is 8.75. The van der Waals surface area contributed by atoms with Gasteiger partial charge in [0.25, 0.3) is 5.56 Å². The van der Waals surface area contributed by atoms with Crippen molar-refractivity contribution in [2.75, 3.05) is 5.32 Å². The molecule has 1 aliphatic carbocycles. The van der Waals surface area contributed by atoms with Crippen LogP contribution in [0.25, 0.3) is 33.3 Å². The summed E-state index contributed by atoms with van der Waals surface area (Å²) >= 11 is 9.45. The number of fused-ring (bicyclic) bond motifs is 2. The number of halogens is 3. The molecule has 0 unspecified atom stereocenters. The highest BCUT2D eigenvalue weighted by atomic mass is 79.9. The van der Waals surface area contributed by atoms with E-state index >= 15 is 0 Å². The second-order valence-electron chi connectivity index (χ2n) is 7.96. The number of benzene rings is 2. The van der Waals surface area contributed by atoms with E-state index in [1.54, 1.807) is 0 Å². The van der Waals surface area contributed by atoms with Crippen LogP contribution in [-0.4, -0.2) is 27.0 Å². The Labute approximate surface area is 190 Å². The van der Waals surface area contributed by atoms with E-state index in [0.717, 1.165) is 35.5 Å². The molecule has 160 valence electrons. The van der Waals surface area contributed by atoms with E-state index in [1.807, 2.05) is 18.2 Å². The lowest BCUT2D eigenvalue weighted by molar-refractivity contribution is 0.404. The minimum atomic E-state index is -0.560. The van der Waals surface area contributed by atoms with Crippen LogP contribution in [-0.2, 0) is 0 Å². The summed E-state index contributed by atoms with van der Waals surface area (Å²) in [6, 6.07) is 8.43. The Morgan fingerprint density at radius 1 is 1.16 bits per heavy atom. The topological polar surface area (TPSA) is 99.6 Å². The van der Waals surface area contributed by atoms with Gasteiger partial charge in [0.2, 0.25) is 0 Å². The Morgan fingerprint density at radius 2 is 1.97 bits per heavy atom. The number of aromatic amines is 2. The monoisotopic (exact) mass is 503 g/mol. The van der Waals surface area contributed by atoms with Crippen molar-refractivity contribution in [3.05, 3.63) is 56.0 Å². The molecule has 0 saturated heterocycles. The first-order valence-electron chi connectivity index (χ1n) is 10.1. The molecule has 0 bridgehead atoms. The Bertz CT molecular complexity index is 1330. The third kappa shape index (κ3) is 3.73. The maximum Gasteiger partial charge on any atom is 0.261 e. The van der Waals surface area contributed by atoms with Crippen LogP contribution in [0.1, 0.15) is 25.7 Å². The van der Waals surface area contributed by atoms with Gasteiger partial charge in [-0.25, -0.2) is 9.37 Å². The molecular weight excluding hydrogens is 485 g/mol. The second kappa shape index (κ2) is 7.93. The quantitative estimate of drug-likeness (QED) is 0.304. The molecule has 5 N–H and O–H groups in total. The zero-order valence-electron chi connectivity index (χ0n) is 16.4. The molecule has 2 aromatic heterocycles. The number of nitrogens with zero attached hydrogens (tertiary/aromatic N) is 1. The average molecular weight is 505 g/mol. The fourth-order valence-corrected chi connectivity index (χ4v) is 4.81. The zero-order chi connectivity index (χ0) is 21.7. The van der Waals surface area contributed by atoms with Crippen molar-refractivity contribution in [1.29, 1.82) is 0 Å². The fourth-order valence-electron chi connectivity index (χ4n) is 4.29. The van der Waals surface area contributed by atoms with Crippen LogP contribution in [0.4, 0.5) is 10.1 Å². The molecule has 2 heterocycles. The van der Waals surface area contributed by atoms with Gasteiger partial charge < -0.3 is 21.0 Å². The first-order chi connectivity index (χ1) is 14.9. The van der Waals surface area contributed by atoms with Gasteiger partial charge in [0, 0.05) is 28.0 Å². The number of imidazole rings is 1. The van der Waals surface area contributed by atoms with Crippen molar-refractivity contribution in [3.63, 3.8) is 0 Å². The molecule has 0 aliphatic heterocycles. The molecule has 1 saturated carbocycles. The smallest absolute Gasteiger partial charge is 0.261 e. The fraction of sp³-hybridized carbons (Fsp3) is 0.273. The normalized spacial score (nSPS) is 19.2. The van der Waals surface area contributed by atoms with Gasteiger partial charge in [-0.3, -0.25) is 4.79 Å². The molecule has 0 spiro atoms. The third-order valence-corrected chi connectivity index (χ3v) is 6.67. The predicted octanol–water partition coefficient (Wildman–Crippen LogP) is 5.31. The second-order valence-corrected chi connectivity index (χ2v) is 9.28. The largest absolute Gasteiger partial charge is 0.379 e. The van der Waals surface area contributed by atoms with Crippen LogP contribution < -0.4 is 16.6 Å². The summed E-state index contributed by atoms with van der Waals surface area (Å²) in [6.45, 7) is 0. The molecule has 0 radical (unpaired) electrons. The van der Waals surface area contributed by atoms with Crippen LogP contribution in [0.3, 0.4) is 0 Å². The lowest BCUT2D eigenvalue weighted by Gasteiger charge is -2.31. The summed E-state index contributed by atoms with van der Waals surface area (Å²) in [4.78, 5) is 23.7. The zero-order valence-corrected chi connectivity index (χ0v) is 18.8. The number of nitrogens with one attached hydrogen (secondary N) is 3. The van der Waals surface area contributed by atoms with Gasteiger partial charge in [-0.05, 0) is 37.1 Å². The predicted molar refractivity (Wildman–Crippen MR) is 126 cm³/mol. The van der Waals surface area contributed by atoms with Crippen molar-refractivity contribution < 1.29 is 4.39 Å². The maximum absolute atomic E-state index is 13.9. The van der Waals surface area contributed by atoms with Crippen molar-refractivity contribution in [1.82, 2.24) is 15.0 Å². The number of hydrogen-bond acceptors (Lipinski definition) is 4. The van der Waals surface area contributed by atoms with Crippen LogP contribution in [0.5, 0.6) is 0 Å². The van der Waals surface area contributed by atoms with E-state index in [4.69, 9.17) is 17.3 Å². The van der Waals surface area contributed by atoms with Gasteiger partial charge >= 0.3 is 0 Å². The standard InChI is InChI=1S/C22H20BrClFN5O/c23-10-5-6-15-11(7-10)20(27-16-4-2-1-3-14(16)26)19(22(31)30-15)21-28-17-8-12(24)13(25)9-18(17)29-21/h5-9,14,16H,1-4,26H2,(H,28,29)(H2,27,30,31)/t14-,16-/m1/s1. The Balaban J connectivity index is 1.75. The lowest BCUT2D eigenvalue weighted by Crippen LogP contribution is -2.43. The highest BCUT2D eigenvalue weighted by molar-refractivity contribution is 9.10. The Kier molecular flexibility index (Phi) is 5.24. The highest BCUT2D eigenvalue weighted by Crippen LogP contribution is 2.35. The van der Waals surface area contributed by atoms with E-state index in [0.29, 0.717) is 33.6 Å². The molecule has 9 heteroatoms. The SMILES string of the molecule is N[C@@H]1CCCC[C@H]1Nc1c(-c2nc3cc(F)c(Cl)cc3[nH]2)c(=O)[nH]c2ccc(Br)cc12. The Morgan fingerprint density at radius 3 is 2.77 bits per heavy atom.